The van der Waals surface area contributed by atoms with Crippen molar-refractivity contribution in [2.24, 2.45) is 0 Å². The molecular weight excluding hydrogens is 342 g/mol. The minimum atomic E-state index is -0.464. The summed E-state index contributed by atoms with van der Waals surface area (Å²) in [5.41, 5.74) is 1.32. The Morgan fingerprint density at radius 1 is 1.50 bits per heavy atom. The molecule has 1 N–H and O–H groups in total. The lowest BCUT2D eigenvalue weighted by atomic mass is 10.1. The summed E-state index contributed by atoms with van der Waals surface area (Å²) in [4.78, 5) is 16.3. The maximum Gasteiger partial charge on any atom is 0.262 e. The number of allylic oxidation sites excluding steroid dienone is 2. The van der Waals surface area contributed by atoms with Crippen LogP contribution >= 0.6 is 15.9 Å². The molecule has 0 aliphatic carbocycles. The molecule has 0 aliphatic rings. The van der Waals surface area contributed by atoms with Crippen LogP contribution in [0.2, 0.25) is 0 Å². The molecule has 4 nitrogen and oxygen atoms in total. The molecule has 0 radical (unpaired) electrons. The summed E-state index contributed by atoms with van der Waals surface area (Å²) in [6.07, 6.45) is 6.45. The molecule has 1 heterocycles. The molecule has 112 valence electrons. The van der Waals surface area contributed by atoms with E-state index in [1.165, 1.54) is 6.08 Å². The number of rotatable bonds is 6. The highest BCUT2D eigenvalue weighted by Crippen LogP contribution is 2.11. The van der Waals surface area contributed by atoms with E-state index in [0.29, 0.717) is 10.3 Å². The van der Waals surface area contributed by atoms with Gasteiger partial charge in [0.25, 0.3) is 5.91 Å². The average Bonchev–Trinajstić information content (AvgIpc) is 2.49. The standard InChI is InChI=1S/C17H16BrN3O/c1-4-7-13(5-2)12(3)20-17(22)14(11-19)10-15-8-6-9-16(18)21-15/h4-10,12H,1-2H2,3H3,(H,20,22)/b13-7+,14-10+. The quantitative estimate of drug-likeness (QED) is 0.366. The second kappa shape index (κ2) is 8.75. The molecule has 1 unspecified atom stereocenters. The summed E-state index contributed by atoms with van der Waals surface area (Å²) < 4.78 is 0.634. The summed E-state index contributed by atoms with van der Waals surface area (Å²) in [7, 11) is 0. The molecule has 1 rings (SSSR count). The number of aromatic nitrogens is 1. The summed E-state index contributed by atoms with van der Waals surface area (Å²) >= 11 is 3.25. The van der Waals surface area contributed by atoms with Gasteiger partial charge in [0.2, 0.25) is 0 Å². The fourth-order valence-corrected chi connectivity index (χ4v) is 2.04. The number of nitrogens with zero attached hydrogens (tertiary/aromatic N) is 2. The number of pyridine rings is 1. The topological polar surface area (TPSA) is 65.8 Å². The third-order valence-electron chi connectivity index (χ3n) is 2.79. The Hall–Kier alpha value is -2.45. The van der Waals surface area contributed by atoms with Crippen LogP contribution in [0, 0.1) is 11.3 Å². The zero-order valence-electron chi connectivity index (χ0n) is 12.2. The van der Waals surface area contributed by atoms with Crippen LogP contribution in [0.1, 0.15) is 12.6 Å². The van der Waals surface area contributed by atoms with E-state index in [1.54, 1.807) is 43.4 Å². The second-order valence-corrected chi connectivity index (χ2v) is 5.17. The molecule has 0 bridgehead atoms. The van der Waals surface area contributed by atoms with E-state index in [4.69, 9.17) is 5.26 Å². The largest absolute Gasteiger partial charge is 0.345 e. The lowest BCUT2D eigenvalue weighted by molar-refractivity contribution is -0.117. The number of amides is 1. The monoisotopic (exact) mass is 357 g/mol. The lowest BCUT2D eigenvalue weighted by Crippen LogP contribution is -2.34. The average molecular weight is 358 g/mol. The van der Waals surface area contributed by atoms with Crippen molar-refractivity contribution >= 4 is 27.9 Å². The molecule has 22 heavy (non-hydrogen) atoms. The zero-order valence-corrected chi connectivity index (χ0v) is 13.8. The van der Waals surface area contributed by atoms with Gasteiger partial charge in [0.05, 0.1) is 11.7 Å². The Labute approximate surface area is 138 Å². The summed E-state index contributed by atoms with van der Waals surface area (Å²) in [5, 5.41) is 11.9. The molecule has 5 heteroatoms. The molecule has 0 aromatic carbocycles. The van der Waals surface area contributed by atoms with Crippen molar-refractivity contribution in [2.75, 3.05) is 0 Å². The highest BCUT2D eigenvalue weighted by Gasteiger charge is 2.14. The van der Waals surface area contributed by atoms with E-state index in [2.05, 4.69) is 39.4 Å². The molecule has 0 fully saturated rings. The van der Waals surface area contributed by atoms with Gasteiger partial charge in [0.15, 0.2) is 0 Å². The van der Waals surface area contributed by atoms with Gasteiger partial charge in [-0.3, -0.25) is 4.79 Å². The number of halogens is 1. The van der Waals surface area contributed by atoms with E-state index >= 15 is 0 Å². The first-order valence-corrected chi connectivity index (χ1v) is 7.31. The first-order valence-electron chi connectivity index (χ1n) is 6.52. The molecule has 0 saturated heterocycles. The first kappa shape index (κ1) is 17.6. The van der Waals surface area contributed by atoms with Crippen molar-refractivity contribution < 1.29 is 4.79 Å². The Morgan fingerprint density at radius 2 is 2.23 bits per heavy atom. The van der Waals surface area contributed by atoms with Gasteiger partial charge in [-0.2, -0.15) is 5.26 Å². The van der Waals surface area contributed by atoms with Crippen LogP contribution < -0.4 is 5.32 Å². The molecular formula is C17H16BrN3O. The highest BCUT2D eigenvalue weighted by atomic mass is 79.9. The van der Waals surface area contributed by atoms with Gasteiger partial charge in [-0.05, 0) is 46.6 Å². The van der Waals surface area contributed by atoms with Gasteiger partial charge in [-0.15, -0.1) is 0 Å². The Balaban J connectivity index is 2.94. The predicted molar refractivity (Wildman–Crippen MR) is 91.6 cm³/mol. The fourth-order valence-electron chi connectivity index (χ4n) is 1.68. The van der Waals surface area contributed by atoms with Crippen molar-refractivity contribution in [3.8, 4) is 6.07 Å². The molecule has 0 aliphatic heterocycles. The Bertz CT molecular complexity index is 683. The van der Waals surface area contributed by atoms with Crippen LogP contribution in [0.5, 0.6) is 0 Å². The van der Waals surface area contributed by atoms with Crippen molar-refractivity contribution in [1.82, 2.24) is 10.3 Å². The summed E-state index contributed by atoms with van der Waals surface area (Å²) in [5.74, 6) is -0.464. The smallest absolute Gasteiger partial charge is 0.262 e. The fraction of sp³-hybridized carbons (Fsp3) is 0.118. The van der Waals surface area contributed by atoms with Crippen LogP contribution in [-0.4, -0.2) is 16.9 Å². The van der Waals surface area contributed by atoms with Gasteiger partial charge in [0.1, 0.15) is 16.2 Å². The minimum absolute atomic E-state index is 0.0144. The van der Waals surface area contributed by atoms with E-state index in [-0.39, 0.29) is 11.6 Å². The second-order valence-electron chi connectivity index (χ2n) is 4.36. The van der Waals surface area contributed by atoms with E-state index in [9.17, 15) is 4.79 Å². The van der Waals surface area contributed by atoms with Crippen molar-refractivity contribution in [1.29, 1.82) is 5.26 Å². The minimum Gasteiger partial charge on any atom is -0.345 e. The summed E-state index contributed by atoms with van der Waals surface area (Å²) in [6, 6.07) is 6.87. The number of carbonyl (C=O) groups excluding carboxylic acids is 1. The van der Waals surface area contributed by atoms with Gasteiger partial charge in [-0.1, -0.05) is 37.5 Å². The molecule has 1 aromatic heterocycles. The highest BCUT2D eigenvalue weighted by molar-refractivity contribution is 9.10. The van der Waals surface area contributed by atoms with Gasteiger partial charge < -0.3 is 5.32 Å². The maximum atomic E-state index is 12.2. The van der Waals surface area contributed by atoms with Gasteiger partial charge in [-0.25, -0.2) is 4.98 Å². The van der Waals surface area contributed by atoms with Crippen LogP contribution in [0.4, 0.5) is 0 Å². The van der Waals surface area contributed by atoms with E-state index in [0.717, 1.165) is 5.57 Å². The number of hydrogen-bond donors (Lipinski definition) is 1. The van der Waals surface area contributed by atoms with Crippen LogP contribution in [0.25, 0.3) is 6.08 Å². The first-order chi connectivity index (χ1) is 10.5. The van der Waals surface area contributed by atoms with E-state index in [1.807, 2.05) is 6.07 Å². The zero-order chi connectivity index (χ0) is 16.5. The Morgan fingerprint density at radius 3 is 2.77 bits per heavy atom. The number of carbonyl (C=O) groups is 1. The van der Waals surface area contributed by atoms with Crippen LogP contribution in [0.3, 0.4) is 0 Å². The van der Waals surface area contributed by atoms with E-state index < -0.39 is 5.91 Å². The van der Waals surface area contributed by atoms with Gasteiger partial charge >= 0.3 is 0 Å². The lowest BCUT2D eigenvalue weighted by Gasteiger charge is -2.14. The number of nitrogens with one attached hydrogen (secondary N) is 1. The van der Waals surface area contributed by atoms with Crippen LogP contribution in [0.15, 0.2) is 65.3 Å². The Kier molecular flexibility index (Phi) is 7.00. The SMILES string of the molecule is C=C/C=C(\C=C)C(C)NC(=O)/C(C#N)=C/c1cccc(Br)n1. The number of nitriles is 1. The normalized spacial score (nSPS) is 13.0. The predicted octanol–water partition coefficient (Wildman–Crippen LogP) is 3.55. The molecule has 1 atom stereocenters. The van der Waals surface area contributed by atoms with Crippen molar-refractivity contribution in [3.63, 3.8) is 0 Å². The third kappa shape index (κ3) is 5.15. The van der Waals surface area contributed by atoms with Crippen molar-refractivity contribution in [3.05, 3.63) is 71.0 Å². The molecule has 0 spiro atoms. The summed E-state index contributed by atoms with van der Waals surface area (Å²) in [6.45, 7) is 9.11. The number of hydrogen-bond acceptors (Lipinski definition) is 3. The van der Waals surface area contributed by atoms with Crippen LogP contribution in [-0.2, 0) is 4.79 Å². The molecule has 1 aromatic rings. The van der Waals surface area contributed by atoms with Gasteiger partial charge in [0, 0.05) is 0 Å². The third-order valence-corrected chi connectivity index (χ3v) is 3.23. The molecule has 0 saturated carbocycles. The molecule has 1 amide bonds. The van der Waals surface area contributed by atoms with Crippen molar-refractivity contribution in [2.45, 2.75) is 13.0 Å². The maximum absolute atomic E-state index is 12.2.